The number of hydrogen-bond donors (Lipinski definition) is 1. The SMILES string of the molecule is N#Cc1ccc(C(=O)NCc2ccc(Br)cc2)nc1. The number of nitrogens with zero attached hydrogens (tertiary/aromatic N) is 2. The van der Waals surface area contributed by atoms with Gasteiger partial charge in [-0.25, -0.2) is 4.98 Å². The van der Waals surface area contributed by atoms with Crippen molar-refractivity contribution in [2.75, 3.05) is 0 Å². The van der Waals surface area contributed by atoms with E-state index in [0.717, 1.165) is 10.0 Å². The minimum Gasteiger partial charge on any atom is -0.347 e. The van der Waals surface area contributed by atoms with Gasteiger partial charge in [-0.3, -0.25) is 4.79 Å². The molecule has 0 saturated heterocycles. The summed E-state index contributed by atoms with van der Waals surface area (Å²) >= 11 is 3.35. The summed E-state index contributed by atoms with van der Waals surface area (Å²) in [4.78, 5) is 15.8. The molecule has 19 heavy (non-hydrogen) atoms. The average molecular weight is 316 g/mol. The molecule has 0 atom stereocenters. The van der Waals surface area contributed by atoms with Crippen LogP contribution in [-0.2, 0) is 6.54 Å². The first-order valence-corrected chi connectivity index (χ1v) is 6.37. The third kappa shape index (κ3) is 3.63. The highest BCUT2D eigenvalue weighted by Gasteiger charge is 2.06. The van der Waals surface area contributed by atoms with Crippen LogP contribution >= 0.6 is 15.9 Å². The largest absolute Gasteiger partial charge is 0.347 e. The Labute approximate surface area is 119 Å². The van der Waals surface area contributed by atoms with Crippen molar-refractivity contribution < 1.29 is 4.79 Å². The summed E-state index contributed by atoms with van der Waals surface area (Å²) in [5.41, 5.74) is 1.74. The van der Waals surface area contributed by atoms with Gasteiger partial charge in [0, 0.05) is 17.2 Å². The third-order valence-corrected chi connectivity index (χ3v) is 3.02. The van der Waals surface area contributed by atoms with Gasteiger partial charge >= 0.3 is 0 Å². The second kappa shape index (κ2) is 6.12. The average Bonchev–Trinajstić information content (AvgIpc) is 2.46. The fraction of sp³-hybridized carbons (Fsp3) is 0.0714. The van der Waals surface area contributed by atoms with Gasteiger partial charge in [-0.15, -0.1) is 0 Å². The summed E-state index contributed by atoms with van der Waals surface area (Å²) in [5.74, 6) is -0.257. The molecule has 1 heterocycles. The van der Waals surface area contributed by atoms with Crippen LogP contribution in [0.5, 0.6) is 0 Å². The number of benzene rings is 1. The number of pyridine rings is 1. The first kappa shape index (κ1) is 13.2. The standard InChI is InChI=1S/C14H10BrN3O/c15-12-4-1-10(2-5-12)8-18-14(19)13-6-3-11(7-16)9-17-13/h1-6,9H,8H2,(H,18,19). The topological polar surface area (TPSA) is 65.8 Å². The number of hydrogen-bond acceptors (Lipinski definition) is 3. The first-order chi connectivity index (χ1) is 9.19. The van der Waals surface area contributed by atoms with E-state index in [-0.39, 0.29) is 5.91 Å². The lowest BCUT2D eigenvalue weighted by Gasteiger charge is -2.05. The smallest absolute Gasteiger partial charge is 0.270 e. The highest BCUT2D eigenvalue weighted by atomic mass is 79.9. The second-order valence-corrected chi connectivity index (χ2v) is 4.77. The molecule has 1 amide bonds. The van der Waals surface area contributed by atoms with Crippen LogP contribution in [0.2, 0.25) is 0 Å². The van der Waals surface area contributed by atoms with Crippen molar-refractivity contribution in [3.8, 4) is 6.07 Å². The Kier molecular flexibility index (Phi) is 4.26. The fourth-order valence-electron chi connectivity index (χ4n) is 1.47. The molecule has 2 aromatic rings. The van der Waals surface area contributed by atoms with E-state index >= 15 is 0 Å². The predicted octanol–water partition coefficient (Wildman–Crippen LogP) is 2.65. The van der Waals surface area contributed by atoms with E-state index in [0.29, 0.717) is 17.8 Å². The molecule has 0 aliphatic rings. The maximum absolute atomic E-state index is 11.8. The van der Waals surface area contributed by atoms with Crippen LogP contribution < -0.4 is 5.32 Å². The van der Waals surface area contributed by atoms with Crippen molar-refractivity contribution in [1.82, 2.24) is 10.3 Å². The molecule has 94 valence electrons. The lowest BCUT2D eigenvalue weighted by molar-refractivity contribution is 0.0946. The lowest BCUT2D eigenvalue weighted by atomic mass is 10.2. The van der Waals surface area contributed by atoms with Gasteiger partial charge < -0.3 is 5.32 Å². The van der Waals surface area contributed by atoms with Crippen LogP contribution in [0.25, 0.3) is 0 Å². The highest BCUT2D eigenvalue weighted by molar-refractivity contribution is 9.10. The maximum atomic E-state index is 11.8. The summed E-state index contributed by atoms with van der Waals surface area (Å²) in [5, 5.41) is 11.4. The second-order valence-electron chi connectivity index (χ2n) is 3.85. The van der Waals surface area contributed by atoms with Crippen LogP contribution in [0.4, 0.5) is 0 Å². The van der Waals surface area contributed by atoms with E-state index in [1.165, 1.54) is 12.3 Å². The molecule has 1 N–H and O–H groups in total. The van der Waals surface area contributed by atoms with Crippen molar-refractivity contribution in [3.05, 3.63) is 63.9 Å². The van der Waals surface area contributed by atoms with Crippen LogP contribution in [0, 0.1) is 11.3 Å². The van der Waals surface area contributed by atoms with E-state index in [2.05, 4.69) is 26.2 Å². The van der Waals surface area contributed by atoms with Crippen LogP contribution in [0.3, 0.4) is 0 Å². The van der Waals surface area contributed by atoms with Gasteiger partial charge in [-0.1, -0.05) is 28.1 Å². The first-order valence-electron chi connectivity index (χ1n) is 5.58. The summed E-state index contributed by atoms with van der Waals surface area (Å²) in [6.07, 6.45) is 1.38. The molecule has 0 bridgehead atoms. The Bertz CT molecular complexity index is 615. The van der Waals surface area contributed by atoms with Crippen LogP contribution in [0.1, 0.15) is 21.6 Å². The quantitative estimate of drug-likeness (QED) is 0.946. The molecule has 5 heteroatoms. The number of aromatic nitrogens is 1. The predicted molar refractivity (Wildman–Crippen MR) is 74.3 cm³/mol. The molecule has 1 aromatic heterocycles. The Balaban J connectivity index is 1.97. The summed E-state index contributed by atoms with van der Waals surface area (Å²) in [6, 6.07) is 12.8. The van der Waals surface area contributed by atoms with Crippen molar-refractivity contribution in [1.29, 1.82) is 5.26 Å². The number of carbonyl (C=O) groups is 1. The van der Waals surface area contributed by atoms with Crippen LogP contribution in [-0.4, -0.2) is 10.9 Å². The monoisotopic (exact) mass is 315 g/mol. The number of nitriles is 1. The van der Waals surface area contributed by atoms with E-state index in [4.69, 9.17) is 5.26 Å². The van der Waals surface area contributed by atoms with Gasteiger partial charge in [0.15, 0.2) is 0 Å². The number of carbonyl (C=O) groups excluding carboxylic acids is 1. The summed E-state index contributed by atoms with van der Waals surface area (Å²) in [7, 11) is 0. The normalized spacial score (nSPS) is 9.68. The minimum absolute atomic E-state index is 0.257. The van der Waals surface area contributed by atoms with E-state index < -0.39 is 0 Å². The van der Waals surface area contributed by atoms with Crippen molar-refractivity contribution in [3.63, 3.8) is 0 Å². The molecule has 4 nitrogen and oxygen atoms in total. The van der Waals surface area contributed by atoms with Gasteiger partial charge in [-0.2, -0.15) is 5.26 Å². The zero-order valence-corrected chi connectivity index (χ0v) is 11.5. The van der Waals surface area contributed by atoms with Gasteiger partial charge in [0.05, 0.1) is 5.56 Å². The molecule has 0 fully saturated rings. The van der Waals surface area contributed by atoms with E-state index in [9.17, 15) is 4.79 Å². The summed E-state index contributed by atoms with van der Waals surface area (Å²) in [6.45, 7) is 0.438. The number of nitrogens with one attached hydrogen (secondary N) is 1. The Morgan fingerprint density at radius 2 is 2.00 bits per heavy atom. The number of halogens is 1. The third-order valence-electron chi connectivity index (χ3n) is 2.49. The van der Waals surface area contributed by atoms with Gasteiger partial charge in [0.2, 0.25) is 0 Å². The molecule has 2 rings (SSSR count). The van der Waals surface area contributed by atoms with Crippen molar-refractivity contribution in [2.45, 2.75) is 6.54 Å². The van der Waals surface area contributed by atoms with Crippen LogP contribution in [0.15, 0.2) is 47.1 Å². The Hall–Kier alpha value is -2.19. The van der Waals surface area contributed by atoms with Crippen molar-refractivity contribution in [2.24, 2.45) is 0 Å². The van der Waals surface area contributed by atoms with E-state index in [1.807, 2.05) is 30.3 Å². The molecular formula is C14H10BrN3O. The number of amides is 1. The molecule has 0 unspecified atom stereocenters. The van der Waals surface area contributed by atoms with Gasteiger partial charge in [-0.05, 0) is 29.8 Å². The molecule has 0 aliphatic carbocycles. The number of rotatable bonds is 3. The molecule has 0 saturated carbocycles. The zero-order chi connectivity index (χ0) is 13.7. The Morgan fingerprint density at radius 3 is 2.58 bits per heavy atom. The van der Waals surface area contributed by atoms with Gasteiger partial charge in [0.25, 0.3) is 5.91 Å². The molecule has 1 aromatic carbocycles. The summed E-state index contributed by atoms with van der Waals surface area (Å²) < 4.78 is 0.997. The fourth-order valence-corrected chi connectivity index (χ4v) is 1.73. The van der Waals surface area contributed by atoms with Crippen molar-refractivity contribution >= 4 is 21.8 Å². The van der Waals surface area contributed by atoms with E-state index in [1.54, 1.807) is 6.07 Å². The molecule has 0 spiro atoms. The maximum Gasteiger partial charge on any atom is 0.270 e. The molecule has 0 aliphatic heterocycles. The van der Waals surface area contributed by atoms with Gasteiger partial charge in [0.1, 0.15) is 11.8 Å². The Morgan fingerprint density at radius 1 is 1.26 bits per heavy atom. The molecular weight excluding hydrogens is 306 g/mol. The highest BCUT2D eigenvalue weighted by Crippen LogP contribution is 2.10. The minimum atomic E-state index is -0.257. The zero-order valence-electron chi connectivity index (χ0n) is 9.93. The molecule has 0 radical (unpaired) electrons. The lowest BCUT2D eigenvalue weighted by Crippen LogP contribution is -2.23.